The first-order valence-corrected chi connectivity index (χ1v) is 4.34. The summed E-state index contributed by atoms with van der Waals surface area (Å²) >= 11 is 4.92. The Balaban J connectivity index is 3.17. The molecule has 0 unspecified atom stereocenters. The van der Waals surface area contributed by atoms with Gasteiger partial charge in [0.25, 0.3) is 0 Å². The molecular weight excluding hydrogens is 166 g/mol. The predicted molar refractivity (Wildman–Crippen MR) is 55.3 cm³/mol. The van der Waals surface area contributed by atoms with Crippen molar-refractivity contribution in [2.24, 2.45) is 5.73 Å². The van der Waals surface area contributed by atoms with E-state index in [4.69, 9.17) is 18.0 Å². The van der Waals surface area contributed by atoms with Gasteiger partial charge in [-0.05, 0) is 17.5 Å². The topological polar surface area (TPSA) is 26.0 Å². The van der Waals surface area contributed by atoms with E-state index in [2.05, 4.69) is 19.9 Å². The van der Waals surface area contributed by atoms with E-state index in [9.17, 15) is 0 Å². The number of hydrogen-bond acceptors (Lipinski definition) is 1. The van der Waals surface area contributed by atoms with E-state index in [-0.39, 0.29) is 0 Å². The van der Waals surface area contributed by atoms with Crippen LogP contribution in [-0.4, -0.2) is 4.99 Å². The van der Waals surface area contributed by atoms with Crippen LogP contribution in [0.5, 0.6) is 0 Å². The molecule has 0 bridgehead atoms. The van der Waals surface area contributed by atoms with Crippen LogP contribution in [0.4, 0.5) is 0 Å². The van der Waals surface area contributed by atoms with Crippen molar-refractivity contribution in [1.29, 1.82) is 0 Å². The molecular formula is C10H12NS. The molecule has 0 aliphatic heterocycles. The van der Waals surface area contributed by atoms with Gasteiger partial charge >= 0.3 is 0 Å². The minimum Gasteiger partial charge on any atom is -0.389 e. The SMILES string of the molecule is CC(C)c1ccc[c]c1C(N)=S. The summed E-state index contributed by atoms with van der Waals surface area (Å²) in [7, 11) is 0. The maximum absolute atomic E-state index is 5.55. The smallest absolute Gasteiger partial charge is 0.104 e. The number of thiocarbonyl (C=S) groups is 1. The fraction of sp³-hybridized carbons (Fsp3) is 0.300. The Morgan fingerprint density at radius 3 is 2.67 bits per heavy atom. The largest absolute Gasteiger partial charge is 0.389 e. The lowest BCUT2D eigenvalue weighted by molar-refractivity contribution is 0.864. The second-order valence-electron chi connectivity index (χ2n) is 3.02. The molecule has 0 saturated carbocycles. The second kappa shape index (κ2) is 3.68. The normalized spacial score (nSPS) is 10.2. The van der Waals surface area contributed by atoms with Crippen LogP contribution in [0.2, 0.25) is 0 Å². The number of benzene rings is 1. The molecule has 63 valence electrons. The molecule has 0 aromatic heterocycles. The fourth-order valence-corrected chi connectivity index (χ4v) is 1.32. The van der Waals surface area contributed by atoms with Crippen molar-refractivity contribution in [3.63, 3.8) is 0 Å². The molecule has 0 aliphatic carbocycles. The average Bonchev–Trinajstić information content (AvgIpc) is 2.04. The van der Waals surface area contributed by atoms with E-state index in [1.807, 2.05) is 18.2 Å². The van der Waals surface area contributed by atoms with E-state index in [1.165, 1.54) is 5.56 Å². The molecule has 2 heteroatoms. The van der Waals surface area contributed by atoms with Gasteiger partial charge in [0.15, 0.2) is 0 Å². The van der Waals surface area contributed by atoms with Crippen LogP contribution in [-0.2, 0) is 0 Å². The minimum absolute atomic E-state index is 0.430. The summed E-state index contributed by atoms with van der Waals surface area (Å²) in [4.78, 5) is 0.430. The molecule has 2 N–H and O–H groups in total. The highest BCUT2D eigenvalue weighted by atomic mass is 32.1. The van der Waals surface area contributed by atoms with Gasteiger partial charge < -0.3 is 5.73 Å². The van der Waals surface area contributed by atoms with E-state index in [0.717, 1.165) is 5.56 Å². The van der Waals surface area contributed by atoms with Crippen LogP contribution in [0.1, 0.15) is 30.9 Å². The van der Waals surface area contributed by atoms with Crippen molar-refractivity contribution >= 4 is 17.2 Å². The lowest BCUT2D eigenvalue weighted by Gasteiger charge is -2.09. The summed E-state index contributed by atoms with van der Waals surface area (Å²) < 4.78 is 0. The maximum Gasteiger partial charge on any atom is 0.104 e. The van der Waals surface area contributed by atoms with E-state index < -0.39 is 0 Å². The molecule has 1 aromatic rings. The molecule has 0 amide bonds. The molecule has 0 aliphatic rings. The van der Waals surface area contributed by atoms with Gasteiger partial charge in [0.05, 0.1) is 0 Å². The monoisotopic (exact) mass is 178 g/mol. The van der Waals surface area contributed by atoms with Gasteiger partial charge in [-0.15, -0.1) is 0 Å². The Labute approximate surface area is 78.6 Å². The molecule has 1 radical (unpaired) electrons. The quantitative estimate of drug-likeness (QED) is 0.703. The zero-order valence-electron chi connectivity index (χ0n) is 7.29. The second-order valence-corrected chi connectivity index (χ2v) is 3.46. The zero-order valence-corrected chi connectivity index (χ0v) is 8.11. The fourth-order valence-electron chi connectivity index (χ4n) is 1.14. The number of nitrogens with two attached hydrogens (primary N) is 1. The van der Waals surface area contributed by atoms with E-state index >= 15 is 0 Å². The highest BCUT2D eigenvalue weighted by Gasteiger charge is 2.06. The van der Waals surface area contributed by atoms with Gasteiger partial charge in [0.1, 0.15) is 4.99 Å². The van der Waals surface area contributed by atoms with Crippen LogP contribution < -0.4 is 5.73 Å². The Hall–Kier alpha value is -0.890. The first-order valence-electron chi connectivity index (χ1n) is 3.93. The summed E-state index contributed by atoms with van der Waals surface area (Å²) in [5.41, 5.74) is 7.60. The summed E-state index contributed by atoms with van der Waals surface area (Å²) in [5.74, 6) is 0.443. The molecule has 0 fully saturated rings. The van der Waals surface area contributed by atoms with Gasteiger partial charge in [-0.25, -0.2) is 0 Å². The van der Waals surface area contributed by atoms with Crippen molar-refractivity contribution in [1.82, 2.24) is 0 Å². The molecule has 1 rings (SSSR count). The Bertz CT molecular complexity index is 292. The lowest BCUT2D eigenvalue weighted by atomic mass is 9.97. The third-order valence-electron chi connectivity index (χ3n) is 1.76. The molecule has 0 atom stereocenters. The van der Waals surface area contributed by atoms with Gasteiger partial charge in [0.2, 0.25) is 0 Å². The zero-order chi connectivity index (χ0) is 9.14. The maximum atomic E-state index is 5.55. The summed E-state index contributed by atoms with van der Waals surface area (Å²) in [5, 5.41) is 0. The summed E-state index contributed by atoms with van der Waals surface area (Å²) in [6.07, 6.45) is 0. The highest BCUT2D eigenvalue weighted by molar-refractivity contribution is 7.80. The van der Waals surface area contributed by atoms with Gasteiger partial charge in [-0.1, -0.05) is 44.3 Å². The Kier molecular flexibility index (Phi) is 2.82. The molecule has 0 heterocycles. The van der Waals surface area contributed by atoms with Crippen molar-refractivity contribution in [2.75, 3.05) is 0 Å². The minimum atomic E-state index is 0.430. The van der Waals surface area contributed by atoms with E-state index in [0.29, 0.717) is 10.9 Å². The number of rotatable bonds is 2. The highest BCUT2D eigenvalue weighted by Crippen LogP contribution is 2.18. The third kappa shape index (κ3) is 1.83. The summed E-state index contributed by atoms with van der Waals surface area (Å²) in [6.45, 7) is 4.23. The lowest BCUT2D eigenvalue weighted by Crippen LogP contribution is -2.12. The Morgan fingerprint density at radius 1 is 1.58 bits per heavy atom. The summed E-state index contributed by atoms with van der Waals surface area (Å²) in [6, 6.07) is 8.88. The third-order valence-corrected chi connectivity index (χ3v) is 1.96. The van der Waals surface area contributed by atoms with Crippen LogP contribution in [0, 0.1) is 6.07 Å². The van der Waals surface area contributed by atoms with Crippen molar-refractivity contribution in [3.8, 4) is 0 Å². The van der Waals surface area contributed by atoms with Gasteiger partial charge in [-0.3, -0.25) is 0 Å². The Morgan fingerprint density at radius 2 is 2.25 bits per heavy atom. The predicted octanol–water partition coefficient (Wildman–Crippen LogP) is 2.24. The van der Waals surface area contributed by atoms with Crippen LogP contribution >= 0.6 is 12.2 Å². The van der Waals surface area contributed by atoms with Gasteiger partial charge in [0, 0.05) is 5.56 Å². The first-order chi connectivity index (χ1) is 5.63. The average molecular weight is 178 g/mol. The van der Waals surface area contributed by atoms with Crippen LogP contribution in [0.3, 0.4) is 0 Å². The molecule has 0 spiro atoms. The van der Waals surface area contributed by atoms with Gasteiger partial charge in [-0.2, -0.15) is 0 Å². The molecule has 0 saturated heterocycles. The van der Waals surface area contributed by atoms with E-state index in [1.54, 1.807) is 0 Å². The van der Waals surface area contributed by atoms with Crippen LogP contribution in [0.25, 0.3) is 0 Å². The first kappa shape index (κ1) is 9.20. The van der Waals surface area contributed by atoms with Crippen LogP contribution in [0.15, 0.2) is 18.2 Å². The molecule has 1 nitrogen and oxygen atoms in total. The van der Waals surface area contributed by atoms with Crippen molar-refractivity contribution in [3.05, 3.63) is 35.4 Å². The standard InChI is InChI=1S/C10H12NS/c1-7(2)8-5-3-4-6-9(8)10(11)12/h3-5,7H,1-2H3,(H2,11,12). The van der Waals surface area contributed by atoms with Crippen molar-refractivity contribution in [2.45, 2.75) is 19.8 Å². The van der Waals surface area contributed by atoms with Crippen molar-refractivity contribution < 1.29 is 0 Å². The molecule has 12 heavy (non-hydrogen) atoms. The molecule has 1 aromatic carbocycles. The number of hydrogen-bond donors (Lipinski definition) is 1.